The molecule has 3 rings (SSSR count). The van der Waals surface area contributed by atoms with E-state index in [1.54, 1.807) is 26.2 Å². The van der Waals surface area contributed by atoms with Crippen LogP contribution in [0.15, 0.2) is 42.7 Å². The summed E-state index contributed by atoms with van der Waals surface area (Å²) < 4.78 is 45.4. The monoisotopic (exact) mass is 421 g/mol. The largest absolute Gasteiger partial charge is 0.437 e. The van der Waals surface area contributed by atoms with Crippen molar-refractivity contribution in [3.8, 4) is 23.0 Å². The Morgan fingerprint density at radius 1 is 1.27 bits per heavy atom. The van der Waals surface area contributed by atoms with E-state index in [0.29, 0.717) is 5.69 Å². The van der Waals surface area contributed by atoms with Crippen molar-refractivity contribution >= 4 is 5.91 Å². The van der Waals surface area contributed by atoms with E-state index in [1.165, 1.54) is 10.9 Å². The predicted molar refractivity (Wildman–Crippen MR) is 99.8 cm³/mol. The van der Waals surface area contributed by atoms with Crippen molar-refractivity contribution in [1.82, 2.24) is 25.1 Å². The maximum absolute atomic E-state index is 12.7. The Balaban J connectivity index is 1.94. The number of aliphatic hydroxyl groups excluding tert-OH is 1. The summed E-state index contributed by atoms with van der Waals surface area (Å²) in [7, 11) is 1.69. The standard InChI is InChI=1S/C19H18F3N5O3/c1-11(10-28)24-17(29)15-9-23-18(16(25-15)14-7-8-27(2)26-14)30-13-5-3-12(4-6-13)19(20,21)22/h3-9,11,28H,10H2,1-2H3,(H,24,29)/t11-/m1/s1. The van der Waals surface area contributed by atoms with Gasteiger partial charge in [0.15, 0.2) is 5.69 Å². The molecule has 0 fully saturated rings. The summed E-state index contributed by atoms with van der Waals surface area (Å²) >= 11 is 0. The fourth-order valence-corrected chi connectivity index (χ4v) is 2.44. The van der Waals surface area contributed by atoms with Gasteiger partial charge < -0.3 is 15.2 Å². The van der Waals surface area contributed by atoms with Gasteiger partial charge in [-0.05, 0) is 37.3 Å². The van der Waals surface area contributed by atoms with E-state index in [2.05, 4.69) is 20.4 Å². The van der Waals surface area contributed by atoms with Crippen molar-refractivity contribution in [3.63, 3.8) is 0 Å². The first-order valence-corrected chi connectivity index (χ1v) is 8.81. The summed E-state index contributed by atoms with van der Waals surface area (Å²) in [6, 6.07) is 5.25. The first kappa shape index (κ1) is 21.2. The number of aromatic nitrogens is 4. The molecular weight excluding hydrogens is 403 g/mol. The molecule has 3 aromatic rings. The van der Waals surface area contributed by atoms with Crippen LogP contribution in [0.25, 0.3) is 11.4 Å². The van der Waals surface area contributed by atoms with Crippen LogP contribution >= 0.6 is 0 Å². The van der Waals surface area contributed by atoms with Gasteiger partial charge in [-0.15, -0.1) is 0 Å². The number of nitrogens with zero attached hydrogens (tertiary/aromatic N) is 4. The Kier molecular flexibility index (Phi) is 6.01. The fraction of sp³-hybridized carbons (Fsp3) is 0.263. The number of carbonyl (C=O) groups is 1. The second kappa shape index (κ2) is 8.49. The Bertz CT molecular complexity index is 1030. The molecule has 0 saturated heterocycles. The van der Waals surface area contributed by atoms with Crippen molar-refractivity contribution in [2.75, 3.05) is 6.61 Å². The minimum absolute atomic E-state index is 0.0276. The molecule has 2 heterocycles. The third-order valence-corrected chi connectivity index (χ3v) is 3.98. The Hall–Kier alpha value is -3.47. The normalized spacial score (nSPS) is 12.5. The minimum atomic E-state index is -4.46. The summed E-state index contributed by atoms with van der Waals surface area (Å²) in [5.41, 5.74) is -0.344. The summed E-state index contributed by atoms with van der Waals surface area (Å²) in [5.74, 6) is -0.469. The Morgan fingerprint density at radius 3 is 2.53 bits per heavy atom. The lowest BCUT2D eigenvalue weighted by Gasteiger charge is -2.13. The lowest BCUT2D eigenvalue weighted by molar-refractivity contribution is -0.137. The highest BCUT2D eigenvalue weighted by Gasteiger charge is 2.30. The molecule has 0 radical (unpaired) electrons. The van der Waals surface area contributed by atoms with Crippen LogP contribution in [-0.2, 0) is 13.2 Å². The molecule has 1 amide bonds. The van der Waals surface area contributed by atoms with Crippen LogP contribution in [0.1, 0.15) is 23.0 Å². The number of benzene rings is 1. The number of alkyl halides is 3. The van der Waals surface area contributed by atoms with Crippen LogP contribution in [0, 0.1) is 0 Å². The fourth-order valence-electron chi connectivity index (χ4n) is 2.44. The van der Waals surface area contributed by atoms with Crippen molar-refractivity contribution < 1.29 is 27.8 Å². The molecule has 30 heavy (non-hydrogen) atoms. The molecular formula is C19H18F3N5O3. The molecule has 0 bridgehead atoms. The van der Waals surface area contributed by atoms with Gasteiger partial charge in [0.05, 0.1) is 18.4 Å². The van der Waals surface area contributed by atoms with Crippen molar-refractivity contribution in [2.24, 2.45) is 7.05 Å². The number of carbonyl (C=O) groups excluding carboxylic acids is 1. The topological polar surface area (TPSA) is 102 Å². The number of aryl methyl sites for hydroxylation is 1. The summed E-state index contributed by atoms with van der Waals surface area (Å²) in [6.45, 7) is 1.37. The van der Waals surface area contributed by atoms with Crippen LogP contribution in [0.5, 0.6) is 11.6 Å². The number of aliphatic hydroxyl groups is 1. The number of ether oxygens (including phenoxy) is 1. The van der Waals surface area contributed by atoms with Crippen LogP contribution in [0.3, 0.4) is 0 Å². The third-order valence-electron chi connectivity index (χ3n) is 3.98. The smallest absolute Gasteiger partial charge is 0.416 e. The molecule has 0 unspecified atom stereocenters. The number of halogens is 3. The van der Waals surface area contributed by atoms with Crippen LogP contribution < -0.4 is 10.1 Å². The highest BCUT2D eigenvalue weighted by molar-refractivity contribution is 5.92. The van der Waals surface area contributed by atoms with Crippen molar-refractivity contribution in [2.45, 2.75) is 19.1 Å². The van der Waals surface area contributed by atoms with Gasteiger partial charge in [0, 0.05) is 19.3 Å². The van der Waals surface area contributed by atoms with Gasteiger partial charge >= 0.3 is 6.18 Å². The quantitative estimate of drug-likeness (QED) is 0.635. The maximum atomic E-state index is 12.7. The third kappa shape index (κ3) is 4.92. The van der Waals surface area contributed by atoms with Crippen LogP contribution in [0.4, 0.5) is 13.2 Å². The molecule has 0 aliphatic rings. The lowest BCUT2D eigenvalue weighted by Crippen LogP contribution is -2.35. The Morgan fingerprint density at radius 2 is 1.97 bits per heavy atom. The van der Waals surface area contributed by atoms with Gasteiger partial charge in [0.1, 0.15) is 17.1 Å². The molecule has 0 saturated carbocycles. The molecule has 0 spiro atoms. The van der Waals surface area contributed by atoms with E-state index in [0.717, 1.165) is 24.3 Å². The van der Waals surface area contributed by atoms with Crippen molar-refractivity contribution in [1.29, 1.82) is 0 Å². The molecule has 2 aromatic heterocycles. The van der Waals surface area contributed by atoms with Gasteiger partial charge in [-0.3, -0.25) is 9.48 Å². The minimum Gasteiger partial charge on any atom is -0.437 e. The number of rotatable bonds is 6. The molecule has 1 atom stereocenters. The highest BCUT2D eigenvalue weighted by atomic mass is 19.4. The second-order valence-electron chi connectivity index (χ2n) is 6.46. The zero-order chi connectivity index (χ0) is 21.9. The van der Waals surface area contributed by atoms with Crippen molar-refractivity contribution in [3.05, 3.63) is 54.0 Å². The van der Waals surface area contributed by atoms with E-state index in [9.17, 15) is 18.0 Å². The van der Waals surface area contributed by atoms with Gasteiger partial charge in [-0.1, -0.05) is 0 Å². The van der Waals surface area contributed by atoms with E-state index in [1.807, 2.05) is 0 Å². The van der Waals surface area contributed by atoms with Crippen LogP contribution in [-0.4, -0.2) is 43.4 Å². The van der Waals surface area contributed by atoms with Crippen LogP contribution in [0.2, 0.25) is 0 Å². The molecule has 158 valence electrons. The van der Waals surface area contributed by atoms with E-state index < -0.39 is 23.7 Å². The molecule has 0 aliphatic heterocycles. The van der Waals surface area contributed by atoms with E-state index in [-0.39, 0.29) is 29.6 Å². The highest BCUT2D eigenvalue weighted by Crippen LogP contribution is 2.33. The molecule has 0 aliphatic carbocycles. The van der Waals surface area contributed by atoms with Gasteiger partial charge in [0.2, 0.25) is 5.88 Å². The Labute approximate surface area is 169 Å². The van der Waals surface area contributed by atoms with Gasteiger partial charge in [-0.25, -0.2) is 9.97 Å². The number of hydrogen-bond donors (Lipinski definition) is 2. The van der Waals surface area contributed by atoms with E-state index >= 15 is 0 Å². The first-order chi connectivity index (χ1) is 14.2. The zero-order valence-electron chi connectivity index (χ0n) is 16.0. The summed E-state index contributed by atoms with van der Waals surface area (Å²) in [4.78, 5) is 20.7. The molecule has 8 nitrogen and oxygen atoms in total. The summed E-state index contributed by atoms with van der Waals surface area (Å²) in [5, 5.41) is 15.9. The number of amides is 1. The van der Waals surface area contributed by atoms with E-state index in [4.69, 9.17) is 9.84 Å². The second-order valence-corrected chi connectivity index (χ2v) is 6.46. The SMILES string of the molecule is C[C@H](CO)NC(=O)c1cnc(Oc2ccc(C(F)(F)F)cc2)c(-c2ccn(C)n2)n1. The molecule has 1 aromatic carbocycles. The molecule has 2 N–H and O–H groups in total. The molecule has 11 heteroatoms. The predicted octanol–water partition coefficient (Wildman–Crippen LogP) is 2.80. The lowest BCUT2D eigenvalue weighted by atomic mass is 10.2. The zero-order valence-corrected chi connectivity index (χ0v) is 16.0. The average Bonchev–Trinajstić information content (AvgIpc) is 3.14. The maximum Gasteiger partial charge on any atom is 0.416 e. The number of hydrogen-bond acceptors (Lipinski definition) is 6. The number of nitrogens with one attached hydrogen (secondary N) is 1. The van der Waals surface area contributed by atoms with Gasteiger partial charge in [0.25, 0.3) is 5.91 Å². The summed E-state index contributed by atoms with van der Waals surface area (Å²) in [6.07, 6.45) is -1.64. The van der Waals surface area contributed by atoms with Gasteiger partial charge in [-0.2, -0.15) is 18.3 Å². The average molecular weight is 421 g/mol. The first-order valence-electron chi connectivity index (χ1n) is 8.81.